The molecule has 0 aromatic heterocycles. The van der Waals surface area contributed by atoms with Gasteiger partial charge in [-0.15, -0.1) is 0 Å². The van der Waals surface area contributed by atoms with Crippen LogP contribution >= 0.6 is 0 Å². The van der Waals surface area contributed by atoms with Gasteiger partial charge in [0, 0.05) is 0 Å². The molecule has 1 aromatic rings. The maximum absolute atomic E-state index is 5.75. The first-order chi connectivity index (χ1) is 7.93. The molecule has 0 saturated heterocycles. The minimum absolute atomic E-state index is 0.261. The molecule has 0 unspecified atom stereocenters. The quantitative estimate of drug-likeness (QED) is 0.794. The molecule has 1 nitrogen and oxygen atoms in total. The first kappa shape index (κ1) is 14.2. The van der Waals surface area contributed by atoms with Gasteiger partial charge in [0.05, 0.1) is 0 Å². The summed E-state index contributed by atoms with van der Waals surface area (Å²) in [7, 11) is 0. The number of aryl methyl sites for hydroxylation is 1. The van der Waals surface area contributed by atoms with E-state index in [1.807, 2.05) is 0 Å². The molecule has 1 heteroatoms. The molecule has 0 aliphatic heterocycles. The standard InChI is InChI=1S/C16H27N/c1-13(2)11-15-7-5-14(6-8-15)9-10-16(3,4)12-17/h5-8,13H,9-12,17H2,1-4H3. The summed E-state index contributed by atoms with van der Waals surface area (Å²) in [4.78, 5) is 0. The summed E-state index contributed by atoms with van der Waals surface area (Å²) in [6, 6.07) is 9.07. The Morgan fingerprint density at radius 1 is 1.06 bits per heavy atom. The highest BCUT2D eigenvalue weighted by atomic mass is 14.6. The van der Waals surface area contributed by atoms with Crippen LogP contribution in [-0.2, 0) is 12.8 Å². The van der Waals surface area contributed by atoms with Crippen LogP contribution < -0.4 is 5.73 Å². The lowest BCUT2D eigenvalue weighted by Crippen LogP contribution is -2.24. The second-order valence-electron chi connectivity index (χ2n) is 6.28. The van der Waals surface area contributed by atoms with Gasteiger partial charge in [0.1, 0.15) is 0 Å². The van der Waals surface area contributed by atoms with Crippen LogP contribution in [0.1, 0.15) is 45.2 Å². The Morgan fingerprint density at radius 2 is 1.59 bits per heavy atom. The third-order valence-corrected chi connectivity index (χ3v) is 3.31. The van der Waals surface area contributed by atoms with Gasteiger partial charge in [-0.3, -0.25) is 0 Å². The maximum Gasteiger partial charge on any atom is -0.00257 e. The molecule has 0 spiro atoms. The van der Waals surface area contributed by atoms with Crippen molar-refractivity contribution in [2.45, 2.75) is 47.0 Å². The monoisotopic (exact) mass is 233 g/mol. The molecule has 1 rings (SSSR count). The zero-order valence-electron chi connectivity index (χ0n) is 11.8. The molecular weight excluding hydrogens is 206 g/mol. The molecule has 0 fully saturated rings. The second-order valence-corrected chi connectivity index (χ2v) is 6.28. The van der Waals surface area contributed by atoms with Gasteiger partial charge in [0.2, 0.25) is 0 Å². The summed E-state index contributed by atoms with van der Waals surface area (Å²) < 4.78 is 0. The van der Waals surface area contributed by atoms with E-state index >= 15 is 0 Å². The number of nitrogens with two attached hydrogens (primary N) is 1. The van der Waals surface area contributed by atoms with Gasteiger partial charge in [0.15, 0.2) is 0 Å². The molecule has 2 N–H and O–H groups in total. The minimum Gasteiger partial charge on any atom is -0.330 e. The molecule has 0 aliphatic rings. The largest absolute Gasteiger partial charge is 0.330 e. The highest BCUT2D eigenvalue weighted by Gasteiger charge is 2.14. The van der Waals surface area contributed by atoms with Gasteiger partial charge >= 0.3 is 0 Å². The van der Waals surface area contributed by atoms with Gasteiger partial charge < -0.3 is 5.73 Å². The van der Waals surface area contributed by atoms with E-state index in [1.54, 1.807) is 0 Å². The van der Waals surface area contributed by atoms with Gasteiger partial charge in [-0.05, 0) is 48.3 Å². The van der Waals surface area contributed by atoms with Crippen LogP contribution in [0.3, 0.4) is 0 Å². The molecule has 0 amide bonds. The molecule has 17 heavy (non-hydrogen) atoms. The lowest BCUT2D eigenvalue weighted by Gasteiger charge is -2.22. The molecule has 0 aliphatic carbocycles. The van der Waals surface area contributed by atoms with Crippen molar-refractivity contribution in [1.29, 1.82) is 0 Å². The Balaban J connectivity index is 2.51. The van der Waals surface area contributed by atoms with Crippen molar-refractivity contribution in [1.82, 2.24) is 0 Å². The normalized spacial score (nSPS) is 12.1. The zero-order valence-corrected chi connectivity index (χ0v) is 11.8. The first-order valence-corrected chi connectivity index (χ1v) is 6.71. The van der Waals surface area contributed by atoms with E-state index in [4.69, 9.17) is 5.73 Å². The summed E-state index contributed by atoms with van der Waals surface area (Å²) in [6.07, 6.45) is 3.47. The number of hydrogen-bond donors (Lipinski definition) is 1. The van der Waals surface area contributed by atoms with Crippen LogP contribution in [0.25, 0.3) is 0 Å². The van der Waals surface area contributed by atoms with E-state index in [0.717, 1.165) is 25.3 Å². The van der Waals surface area contributed by atoms with Crippen molar-refractivity contribution in [3.05, 3.63) is 35.4 Å². The number of hydrogen-bond acceptors (Lipinski definition) is 1. The van der Waals surface area contributed by atoms with E-state index in [2.05, 4.69) is 52.0 Å². The SMILES string of the molecule is CC(C)Cc1ccc(CCC(C)(C)CN)cc1. The Hall–Kier alpha value is -0.820. The highest BCUT2D eigenvalue weighted by Crippen LogP contribution is 2.21. The van der Waals surface area contributed by atoms with Crippen LogP contribution in [0.4, 0.5) is 0 Å². The summed E-state index contributed by atoms with van der Waals surface area (Å²) in [6.45, 7) is 9.76. The van der Waals surface area contributed by atoms with E-state index < -0.39 is 0 Å². The number of rotatable bonds is 6. The van der Waals surface area contributed by atoms with Crippen molar-refractivity contribution in [2.75, 3.05) is 6.54 Å². The predicted octanol–water partition coefficient (Wildman–Crippen LogP) is 3.80. The average molecular weight is 233 g/mol. The Kier molecular flexibility index (Phi) is 5.20. The molecule has 0 atom stereocenters. The summed E-state index contributed by atoms with van der Waals surface area (Å²) >= 11 is 0. The van der Waals surface area contributed by atoms with E-state index in [9.17, 15) is 0 Å². The van der Waals surface area contributed by atoms with E-state index in [0.29, 0.717) is 0 Å². The summed E-state index contributed by atoms with van der Waals surface area (Å²) in [5.74, 6) is 0.733. The predicted molar refractivity (Wildman–Crippen MR) is 76.1 cm³/mol. The lowest BCUT2D eigenvalue weighted by atomic mass is 9.86. The molecule has 0 radical (unpaired) electrons. The smallest absolute Gasteiger partial charge is 0.00257 e. The average Bonchev–Trinajstić information content (AvgIpc) is 2.28. The molecular formula is C16H27N. The zero-order chi connectivity index (χ0) is 12.9. The third-order valence-electron chi connectivity index (χ3n) is 3.31. The molecule has 1 aromatic carbocycles. The van der Waals surface area contributed by atoms with Crippen molar-refractivity contribution in [2.24, 2.45) is 17.1 Å². The Morgan fingerprint density at radius 3 is 2.06 bits per heavy atom. The molecule has 0 heterocycles. The fourth-order valence-electron chi connectivity index (χ4n) is 1.90. The Labute approximate surface area is 106 Å². The van der Waals surface area contributed by atoms with Gasteiger partial charge in [-0.25, -0.2) is 0 Å². The van der Waals surface area contributed by atoms with Gasteiger partial charge in [-0.1, -0.05) is 52.0 Å². The van der Waals surface area contributed by atoms with Crippen LogP contribution in [0, 0.1) is 11.3 Å². The Bertz CT molecular complexity index is 322. The minimum atomic E-state index is 0.261. The third kappa shape index (κ3) is 5.36. The van der Waals surface area contributed by atoms with Crippen molar-refractivity contribution < 1.29 is 0 Å². The van der Waals surface area contributed by atoms with Gasteiger partial charge in [-0.2, -0.15) is 0 Å². The molecule has 96 valence electrons. The maximum atomic E-state index is 5.75. The van der Waals surface area contributed by atoms with Crippen LogP contribution in [0.2, 0.25) is 0 Å². The van der Waals surface area contributed by atoms with Crippen molar-refractivity contribution >= 4 is 0 Å². The van der Waals surface area contributed by atoms with E-state index in [-0.39, 0.29) is 5.41 Å². The van der Waals surface area contributed by atoms with Crippen LogP contribution in [-0.4, -0.2) is 6.54 Å². The number of benzene rings is 1. The fraction of sp³-hybridized carbons (Fsp3) is 0.625. The van der Waals surface area contributed by atoms with Crippen molar-refractivity contribution in [3.63, 3.8) is 0 Å². The highest BCUT2D eigenvalue weighted by molar-refractivity contribution is 5.23. The molecule has 0 saturated carbocycles. The lowest BCUT2D eigenvalue weighted by molar-refractivity contribution is 0.348. The first-order valence-electron chi connectivity index (χ1n) is 6.71. The van der Waals surface area contributed by atoms with E-state index in [1.165, 1.54) is 17.5 Å². The van der Waals surface area contributed by atoms with Crippen LogP contribution in [0.5, 0.6) is 0 Å². The van der Waals surface area contributed by atoms with Crippen molar-refractivity contribution in [3.8, 4) is 0 Å². The summed E-state index contributed by atoms with van der Waals surface area (Å²) in [5, 5.41) is 0. The molecule has 0 bridgehead atoms. The van der Waals surface area contributed by atoms with Crippen LogP contribution in [0.15, 0.2) is 24.3 Å². The second kappa shape index (κ2) is 6.20. The topological polar surface area (TPSA) is 26.0 Å². The van der Waals surface area contributed by atoms with Gasteiger partial charge in [0.25, 0.3) is 0 Å². The summed E-state index contributed by atoms with van der Waals surface area (Å²) in [5.41, 5.74) is 8.89. The fourth-order valence-corrected chi connectivity index (χ4v) is 1.90.